The van der Waals surface area contributed by atoms with E-state index in [-0.39, 0.29) is 30.4 Å². The van der Waals surface area contributed by atoms with Crippen molar-refractivity contribution in [1.82, 2.24) is 4.57 Å². The maximum absolute atomic E-state index is 14.8. The summed E-state index contributed by atoms with van der Waals surface area (Å²) in [5, 5.41) is 0. The molecule has 0 fully saturated rings. The maximum Gasteiger partial charge on any atom is 0.354 e. The molecule has 0 spiro atoms. The van der Waals surface area contributed by atoms with Gasteiger partial charge in [0.2, 0.25) is 0 Å². The summed E-state index contributed by atoms with van der Waals surface area (Å²) in [5.41, 5.74) is 1.82. The largest absolute Gasteiger partial charge is 0.497 e. The van der Waals surface area contributed by atoms with Crippen molar-refractivity contribution in [3.05, 3.63) is 83.4 Å². The second-order valence-electron chi connectivity index (χ2n) is 6.87. The molecule has 0 saturated heterocycles. The Morgan fingerprint density at radius 1 is 1.10 bits per heavy atom. The summed E-state index contributed by atoms with van der Waals surface area (Å²) in [5.74, 6) is -0.626. The Balaban J connectivity index is 1.75. The quantitative estimate of drug-likeness (QED) is 0.580. The number of methoxy groups -OCH3 is 1. The Morgan fingerprint density at radius 3 is 2.57 bits per heavy atom. The first-order valence-corrected chi connectivity index (χ1v) is 9.61. The van der Waals surface area contributed by atoms with Crippen molar-refractivity contribution in [2.24, 2.45) is 0 Å². The van der Waals surface area contributed by atoms with Crippen LogP contribution in [0.5, 0.6) is 5.75 Å². The van der Waals surface area contributed by atoms with E-state index in [1.54, 1.807) is 61.2 Å². The normalized spacial score (nSPS) is 15.2. The van der Waals surface area contributed by atoms with Gasteiger partial charge in [0.15, 0.2) is 0 Å². The van der Waals surface area contributed by atoms with Crippen molar-refractivity contribution < 1.29 is 23.5 Å². The van der Waals surface area contributed by atoms with Crippen molar-refractivity contribution >= 4 is 17.6 Å². The predicted molar refractivity (Wildman–Crippen MR) is 109 cm³/mol. The van der Waals surface area contributed by atoms with E-state index in [0.29, 0.717) is 11.3 Å². The number of hydrogen-bond donors (Lipinski definition) is 0. The summed E-state index contributed by atoms with van der Waals surface area (Å²) in [6.45, 7) is 2.13. The summed E-state index contributed by atoms with van der Waals surface area (Å²) in [6, 6.07) is 14.3. The van der Waals surface area contributed by atoms with Crippen LogP contribution in [-0.2, 0) is 16.1 Å². The van der Waals surface area contributed by atoms with E-state index in [4.69, 9.17) is 9.47 Å². The number of benzene rings is 2. The fourth-order valence-corrected chi connectivity index (χ4v) is 3.76. The topological polar surface area (TPSA) is 60.8 Å². The minimum absolute atomic E-state index is 0.198. The van der Waals surface area contributed by atoms with Crippen LogP contribution in [0.4, 0.5) is 10.1 Å². The maximum atomic E-state index is 14.8. The molecule has 1 aliphatic rings. The molecule has 0 N–H and O–H groups in total. The zero-order valence-electron chi connectivity index (χ0n) is 16.7. The molecule has 2 aromatic carbocycles. The van der Waals surface area contributed by atoms with E-state index in [1.165, 1.54) is 11.0 Å². The highest BCUT2D eigenvalue weighted by molar-refractivity contribution is 6.05. The number of anilines is 1. The minimum Gasteiger partial charge on any atom is -0.497 e. The zero-order valence-corrected chi connectivity index (χ0v) is 16.7. The zero-order chi connectivity index (χ0) is 21.3. The third-order valence-corrected chi connectivity index (χ3v) is 5.12. The lowest BCUT2D eigenvalue weighted by atomic mass is 10.1. The number of carbonyl (C=O) groups is 2. The van der Waals surface area contributed by atoms with Crippen LogP contribution in [0.1, 0.15) is 34.6 Å². The molecule has 1 aromatic heterocycles. The van der Waals surface area contributed by atoms with Crippen LogP contribution in [0.2, 0.25) is 0 Å². The average molecular weight is 408 g/mol. The summed E-state index contributed by atoms with van der Waals surface area (Å²) in [6.07, 6.45) is 1.64. The lowest BCUT2D eigenvalue weighted by Gasteiger charge is -2.19. The second-order valence-corrected chi connectivity index (χ2v) is 6.87. The van der Waals surface area contributed by atoms with Crippen LogP contribution >= 0.6 is 0 Å². The van der Waals surface area contributed by atoms with E-state index in [2.05, 4.69) is 0 Å². The Hall–Kier alpha value is -3.61. The van der Waals surface area contributed by atoms with Crippen molar-refractivity contribution in [3.8, 4) is 5.75 Å². The first-order valence-electron chi connectivity index (χ1n) is 9.61. The molecule has 7 heteroatoms. The first-order chi connectivity index (χ1) is 14.5. The summed E-state index contributed by atoms with van der Waals surface area (Å²) < 4.78 is 26.6. The van der Waals surface area contributed by atoms with E-state index >= 15 is 0 Å². The Morgan fingerprint density at radius 2 is 1.87 bits per heavy atom. The van der Waals surface area contributed by atoms with E-state index < -0.39 is 17.8 Å². The van der Waals surface area contributed by atoms with Crippen molar-refractivity contribution in [2.75, 3.05) is 18.6 Å². The summed E-state index contributed by atoms with van der Waals surface area (Å²) >= 11 is 0. The third-order valence-electron chi connectivity index (χ3n) is 5.12. The van der Waals surface area contributed by atoms with Crippen LogP contribution < -0.4 is 9.64 Å². The van der Waals surface area contributed by atoms with Gasteiger partial charge in [-0.05, 0) is 42.8 Å². The van der Waals surface area contributed by atoms with Crippen molar-refractivity contribution in [1.29, 1.82) is 0 Å². The molecular weight excluding hydrogens is 387 g/mol. The molecule has 1 unspecified atom stereocenters. The van der Waals surface area contributed by atoms with E-state index in [9.17, 15) is 14.0 Å². The van der Waals surface area contributed by atoms with Gasteiger partial charge in [0.05, 0.1) is 25.9 Å². The SMILES string of the molecule is CCOC(=O)c1cccn1C1C(=O)N(Cc2ccc(OC)cc2)c2c(F)cccc21. The fourth-order valence-electron chi connectivity index (χ4n) is 3.76. The average Bonchev–Trinajstić information content (AvgIpc) is 3.32. The minimum atomic E-state index is -0.844. The van der Waals surface area contributed by atoms with Crippen LogP contribution in [0.15, 0.2) is 60.8 Å². The smallest absolute Gasteiger partial charge is 0.354 e. The van der Waals surface area contributed by atoms with Gasteiger partial charge in [0.25, 0.3) is 5.91 Å². The standard InChI is InChI=1S/C23H21FN2O4/c1-3-30-23(28)19-8-5-13-25(19)21-17-6-4-7-18(24)20(17)26(22(21)27)14-15-9-11-16(29-2)12-10-15/h4-13,21H,3,14H2,1-2H3. The number of hydrogen-bond acceptors (Lipinski definition) is 4. The van der Waals surface area contributed by atoms with E-state index in [1.807, 2.05) is 12.1 Å². The molecule has 6 nitrogen and oxygen atoms in total. The van der Waals surface area contributed by atoms with Gasteiger partial charge >= 0.3 is 5.97 Å². The molecule has 30 heavy (non-hydrogen) atoms. The van der Waals surface area contributed by atoms with Gasteiger partial charge < -0.3 is 18.9 Å². The van der Waals surface area contributed by atoms with Gasteiger partial charge in [-0.1, -0.05) is 24.3 Å². The van der Waals surface area contributed by atoms with Gasteiger partial charge in [0, 0.05) is 11.8 Å². The highest BCUT2D eigenvalue weighted by Gasteiger charge is 2.41. The Labute approximate surface area is 173 Å². The molecule has 1 atom stereocenters. The van der Waals surface area contributed by atoms with Crippen molar-refractivity contribution in [2.45, 2.75) is 19.5 Å². The molecule has 0 radical (unpaired) electrons. The molecule has 3 aromatic rings. The number of halogens is 1. The molecule has 0 bridgehead atoms. The van der Waals surface area contributed by atoms with Gasteiger partial charge in [-0.15, -0.1) is 0 Å². The van der Waals surface area contributed by atoms with Crippen LogP contribution in [0.3, 0.4) is 0 Å². The number of para-hydroxylation sites is 1. The number of fused-ring (bicyclic) bond motifs is 1. The molecular formula is C23H21FN2O4. The monoisotopic (exact) mass is 408 g/mol. The number of carbonyl (C=O) groups excluding carboxylic acids is 2. The molecule has 0 aliphatic carbocycles. The molecule has 0 saturated carbocycles. The van der Waals surface area contributed by atoms with Gasteiger partial charge in [0.1, 0.15) is 23.3 Å². The van der Waals surface area contributed by atoms with Gasteiger partial charge in [-0.2, -0.15) is 0 Å². The summed E-state index contributed by atoms with van der Waals surface area (Å²) in [7, 11) is 1.58. The highest BCUT2D eigenvalue weighted by atomic mass is 19.1. The lowest BCUT2D eigenvalue weighted by molar-refractivity contribution is -0.120. The third kappa shape index (κ3) is 3.32. The molecule has 154 valence electrons. The Bertz CT molecular complexity index is 1090. The Kier molecular flexibility index (Phi) is 5.27. The molecule has 1 aliphatic heterocycles. The summed E-state index contributed by atoms with van der Waals surface area (Å²) in [4.78, 5) is 27.2. The fraction of sp³-hybridized carbons (Fsp3) is 0.217. The molecule has 1 amide bonds. The number of ether oxygens (including phenoxy) is 2. The number of aromatic nitrogens is 1. The predicted octanol–water partition coefficient (Wildman–Crippen LogP) is 3.95. The van der Waals surface area contributed by atoms with Crippen molar-refractivity contribution in [3.63, 3.8) is 0 Å². The number of esters is 1. The first kappa shape index (κ1) is 19.7. The molecule has 4 rings (SSSR count). The number of amides is 1. The van der Waals surface area contributed by atoms with Gasteiger partial charge in [-0.25, -0.2) is 9.18 Å². The highest BCUT2D eigenvalue weighted by Crippen LogP contribution is 2.41. The van der Waals surface area contributed by atoms with Crippen LogP contribution in [0.25, 0.3) is 0 Å². The molecule has 2 heterocycles. The van der Waals surface area contributed by atoms with Gasteiger partial charge in [-0.3, -0.25) is 4.79 Å². The number of rotatable bonds is 6. The van der Waals surface area contributed by atoms with Crippen LogP contribution in [-0.4, -0.2) is 30.2 Å². The van der Waals surface area contributed by atoms with E-state index in [0.717, 1.165) is 5.56 Å². The second kappa shape index (κ2) is 8.02. The number of nitrogens with zero attached hydrogens (tertiary/aromatic N) is 2. The van der Waals surface area contributed by atoms with Crippen LogP contribution in [0, 0.1) is 5.82 Å². The lowest BCUT2D eigenvalue weighted by Crippen LogP contribution is -2.32.